The zero-order valence-electron chi connectivity index (χ0n) is 9.02. The van der Waals surface area contributed by atoms with Crippen LogP contribution >= 0.6 is 0 Å². The number of rotatable bonds is 3. The van der Waals surface area contributed by atoms with Gasteiger partial charge in [0.15, 0.2) is 0 Å². The molecule has 0 aromatic heterocycles. The summed E-state index contributed by atoms with van der Waals surface area (Å²) in [4.78, 5) is 0. The Kier molecular flexibility index (Phi) is 3.91. The first-order valence-electron chi connectivity index (χ1n) is 5.46. The molecule has 15 heavy (non-hydrogen) atoms. The van der Waals surface area contributed by atoms with Gasteiger partial charge in [0.25, 0.3) is 0 Å². The SMILES string of the molecule is CCc1cccc[c]1[Ru][C]1=CC=CCC1. The van der Waals surface area contributed by atoms with Crippen LogP contribution in [0.3, 0.4) is 0 Å². The van der Waals surface area contributed by atoms with Gasteiger partial charge in [0.1, 0.15) is 0 Å². The van der Waals surface area contributed by atoms with E-state index in [0.29, 0.717) is 0 Å². The Morgan fingerprint density at radius 1 is 1.27 bits per heavy atom. The molecule has 0 unspecified atom stereocenters. The summed E-state index contributed by atoms with van der Waals surface area (Å²) in [7, 11) is 0. The van der Waals surface area contributed by atoms with Gasteiger partial charge in [-0.05, 0) is 0 Å². The van der Waals surface area contributed by atoms with E-state index in [-0.39, 0.29) is 17.1 Å². The fraction of sp³-hybridized carbons (Fsp3) is 0.286. The molecule has 0 bridgehead atoms. The van der Waals surface area contributed by atoms with Crippen molar-refractivity contribution in [2.45, 2.75) is 26.2 Å². The normalized spacial score (nSPS) is 15.4. The summed E-state index contributed by atoms with van der Waals surface area (Å²) < 4.78 is 3.25. The molecule has 1 aromatic carbocycles. The molecule has 1 aliphatic carbocycles. The molecule has 0 saturated carbocycles. The van der Waals surface area contributed by atoms with Gasteiger partial charge in [-0.2, -0.15) is 0 Å². The molecule has 0 radical (unpaired) electrons. The van der Waals surface area contributed by atoms with Gasteiger partial charge in [-0.15, -0.1) is 0 Å². The molecule has 1 aromatic rings. The van der Waals surface area contributed by atoms with Gasteiger partial charge in [0, 0.05) is 0 Å². The van der Waals surface area contributed by atoms with Crippen LogP contribution in [0, 0.1) is 0 Å². The molecular formula is C14H16Ru. The summed E-state index contributed by atoms with van der Waals surface area (Å²) in [6, 6.07) is 8.89. The van der Waals surface area contributed by atoms with Crippen LogP contribution < -0.4 is 4.16 Å². The number of allylic oxidation sites excluding steroid dienone is 4. The van der Waals surface area contributed by atoms with Crippen LogP contribution in [0.5, 0.6) is 0 Å². The van der Waals surface area contributed by atoms with Crippen LogP contribution in [0.4, 0.5) is 0 Å². The zero-order valence-corrected chi connectivity index (χ0v) is 10.8. The molecule has 0 N–H and O–H groups in total. The first-order chi connectivity index (χ1) is 7.40. The quantitative estimate of drug-likeness (QED) is 0.748. The fourth-order valence-electron chi connectivity index (χ4n) is 1.63. The van der Waals surface area contributed by atoms with Crippen molar-refractivity contribution in [1.82, 2.24) is 0 Å². The van der Waals surface area contributed by atoms with Gasteiger partial charge >= 0.3 is 99.7 Å². The second-order valence-corrected chi connectivity index (χ2v) is 6.07. The third kappa shape index (κ3) is 2.89. The van der Waals surface area contributed by atoms with Gasteiger partial charge in [0.05, 0.1) is 0 Å². The zero-order chi connectivity index (χ0) is 10.5. The Hall–Kier alpha value is -0.677. The molecule has 0 nitrogen and oxygen atoms in total. The van der Waals surface area contributed by atoms with Crippen LogP contribution in [0.1, 0.15) is 25.3 Å². The van der Waals surface area contributed by atoms with Crippen LogP contribution in [-0.4, -0.2) is 0 Å². The molecule has 80 valence electrons. The Bertz CT molecular complexity index is 388. The minimum atomic E-state index is 0.278. The summed E-state index contributed by atoms with van der Waals surface area (Å²) in [6.07, 6.45) is 10.4. The molecule has 0 amide bonds. The number of hydrogen-bond donors (Lipinski definition) is 0. The van der Waals surface area contributed by atoms with Crippen molar-refractivity contribution in [3.05, 3.63) is 52.2 Å². The second kappa shape index (κ2) is 5.42. The molecule has 1 aliphatic rings. The third-order valence-electron chi connectivity index (χ3n) is 2.49. The Labute approximate surface area is 99.7 Å². The molecule has 0 atom stereocenters. The maximum absolute atomic E-state index is 2.31. The van der Waals surface area contributed by atoms with Crippen molar-refractivity contribution < 1.29 is 17.1 Å². The van der Waals surface area contributed by atoms with Crippen molar-refractivity contribution in [2.24, 2.45) is 0 Å². The van der Waals surface area contributed by atoms with Crippen molar-refractivity contribution in [3.8, 4) is 0 Å². The van der Waals surface area contributed by atoms with E-state index in [9.17, 15) is 0 Å². The standard InChI is InChI=1S/C8H9.C6H7.Ru/c1-2-8-6-4-3-5-7-8;1-2-4-6-5-3-1;/h3-6H,2H2,1H3;1-3H,4,6H2;. The molecule has 0 aliphatic heterocycles. The summed E-state index contributed by atoms with van der Waals surface area (Å²) in [5, 5.41) is 0. The van der Waals surface area contributed by atoms with E-state index in [1.54, 1.807) is 8.33 Å². The average molecular weight is 285 g/mol. The van der Waals surface area contributed by atoms with Crippen molar-refractivity contribution in [3.63, 3.8) is 0 Å². The van der Waals surface area contributed by atoms with Crippen LogP contribution in [0.15, 0.2) is 46.7 Å². The summed E-state index contributed by atoms with van der Waals surface area (Å²) in [6.45, 7) is 2.24. The van der Waals surface area contributed by atoms with E-state index in [0.717, 1.165) is 6.42 Å². The maximum atomic E-state index is 2.31. The van der Waals surface area contributed by atoms with Gasteiger partial charge in [-0.3, -0.25) is 0 Å². The van der Waals surface area contributed by atoms with E-state index < -0.39 is 0 Å². The monoisotopic (exact) mass is 286 g/mol. The third-order valence-corrected chi connectivity index (χ3v) is 5.09. The first-order valence-corrected chi connectivity index (χ1v) is 7.20. The van der Waals surface area contributed by atoms with Crippen molar-refractivity contribution >= 4 is 4.16 Å². The van der Waals surface area contributed by atoms with E-state index in [1.807, 2.05) is 0 Å². The van der Waals surface area contributed by atoms with Gasteiger partial charge in [0.2, 0.25) is 0 Å². The number of benzene rings is 1. The summed E-state index contributed by atoms with van der Waals surface area (Å²) >= 11 is 0.278. The molecule has 2 rings (SSSR count). The predicted molar refractivity (Wildman–Crippen MR) is 61.9 cm³/mol. The van der Waals surface area contributed by atoms with Crippen molar-refractivity contribution in [2.75, 3.05) is 0 Å². The molecule has 0 heterocycles. The van der Waals surface area contributed by atoms with Crippen LogP contribution in [0.25, 0.3) is 0 Å². The molecule has 0 fully saturated rings. The van der Waals surface area contributed by atoms with E-state index in [1.165, 1.54) is 18.4 Å². The molecule has 0 spiro atoms. The van der Waals surface area contributed by atoms with Gasteiger partial charge in [-0.25, -0.2) is 0 Å². The summed E-state index contributed by atoms with van der Waals surface area (Å²) in [5.74, 6) is 0. The van der Waals surface area contributed by atoms with E-state index >= 15 is 0 Å². The summed E-state index contributed by atoms with van der Waals surface area (Å²) in [5.41, 5.74) is 1.53. The fourth-order valence-corrected chi connectivity index (χ4v) is 4.05. The number of hydrogen-bond acceptors (Lipinski definition) is 0. The predicted octanol–water partition coefficient (Wildman–Crippen LogP) is 3.19. The Morgan fingerprint density at radius 2 is 2.13 bits per heavy atom. The topological polar surface area (TPSA) is 0 Å². The van der Waals surface area contributed by atoms with Crippen LogP contribution in [-0.2, 0) is 23.5 Å². The average Bonchev–Trinajstić information content (AvgIpc) is 2.31. The Morgan fingerprint density at radius 3 is 2.87 bits per heavy atom. The second-order valence-electron chi connectivity index (χ2n) is 3.58. The number of aryl methyl sites for hydroxylation is 1. The molecular weight excluding hydrogens is 269 g/mol. The van der Waals surface area contributed by atoms with E-state index in [4.69, 9.17) is 0 Å². The van der Waals surface area contributed by atoms with Crippen molar-refractivity contribution in [1.29, 1.82) is 0 Å². The minimum absolute atomic E-state index is 0.278. The molecule has 1 heteroatoms. The van der Waals surface area contributed by atoms with Crippen LogP contribution in [0.2, 0.25) is 0 Å². The molecule has 0 saturated heterocycles. The van der Waals surface area contributed by atoms with Gasteiger partial charge < -0.3 is 0 Å². The van der Waals surface area contributed by atoms with Gasteiger partial charge in [-0.1, -0.05) is 0 Å². The Balaban J connectivity index is 2.16. The van der Waals surface area contributed by atoms with E-state index in [2.05, 4.69) is 49.4 Å². The first kappa shape index (κ1) is 10.8.